The Labute approximate surface area is 212 Å². The van der Waals surface area contributed by atoms with Crippen LogP contribution in [0, 0.1) is 27.7 Å². The van der Waals surface area contributed by atoms with Crippen LogP contribution in [0.5, 0.6) is 0 Å². The van der Waals surface area contributed by atoms with Crippen LogP contribution in [0.4, 0.5) is 11.4 Å². The van der Waals surface area contributed by atoms with Gasteiger partial charge in [0.1, 0.15) is 0 Å². The number of hydrogen-bond acceptors (Lipinski definition) is 1. The Hall–Kier alpha value is -3.32. The van der Waals surface area contributed by atoms with Gasteiger partial charge in [-0.05, 0) is 87.1 Å². The van der Waals surface area contributed by atoms with Crippen molar-refractivity contribution in [3.8, 4) is 0 Å². The zero-order valence-electron chi connectivity index (χ0n) is 21.8. The van der Waals surface area contributed by atoms with E-state index in [4.69, 9.17) is 0 Å². The number of nitrogens with one attached hydrogen (secondary N) is 1. The molecule has 1 saturated carbocycles. The molecule has 1 aliphatic rings. The van der Waals surface area contributed by atoms with Crippen molar-refractivity contribution in [1.29, 1.82) is 0 Å². The fraction of sp³-hybridized carbons (Fsp3) is 0.294. The topological polar surface area (TPSA) is 12.0 Å². The highest BCUT2D eigenvalue weighted by Gasteiger charge is 2.37. The average Bonchev–Trinajstić information content (AvgIpc) is 2.88. The third kappa shape index (κ3) is 6.03. The molecule has 0 saturated heterocycles. The Bertz CT molecular complexity index is 1120. The van der Waals surface area contributed by atoms with Gasteiger partial charge in [-0.3, -0.25) is 0 Å². The Balaban J connectivity index is 0.000000172. The molecule has 0 amide bonds. The number of benzene rings is 4. The van der Waals surface area contributed by atoms with Crippen LogP contribution in [0.15, 0.2) is 97.1 Å². The summed E-state index contributed by atoms with van der Waals surface area (Å²) in [5, 5.41) is 3.36. The van der Waals surface area contributed by atoms with Crippen molar-refractivity contribution >= 4 is 11.4 Å². The molecule has 5 rings (SSSR count). The Morgan fingerprint density at radius 3 is 1.29 bits per heavy atom. The summed E-state index contributed by atoms with van der Waals surface area (Å²) in [4.78, 5) is 0. The van der Waals surface area contributed by atoms with Gasteiger partial charge in [-0.15, -0.1) is 0 Å². The van der Waals surface area contributed by atoms with E-state index in [1.807, 2.05) is 0 Å². The molecular weight excluding hydrogens is 422 g/mol. The molecule has 1 aliphatic carbocycles. The highest BCUT2D eigenvalue weighted by atomic mass is 14.9. The first-order chi connectivity index (χ1) is 17.0. The number of anilines is 2. The van der Waals surface area contributed by atoms with E-state index in [0.29, 0.717) is 0 Å². The highest BCUT2D eigenvalue weighted by molar-refractivity contribution is 5.60. The second kappa shape index (κ2) is 11.4. The number of aryl methyl sites for hydroxylation is 4. The quantitative estimate of drug-likeness (QED) is 0.319. The fourth-order valence-electron chi connectivity index (χ4n) is 5.50. The summed E-state index contributed by atoms with van der Waals surface area (Å²) in [6.45, 7) is 8.72. The first-order valence-corrected chi connectivity index (χ1v) is 13.0. The maximum Gasteiger partial charge on any atom is 0.0384 e. The SMILES string of the molecule is Cc1ccc(Nc2ccc(C)cc2)cc1.Cc1ccccc1C1(c2ccccc2C)CCCCC1. The van der Waals surface area contributed by atoms with E-state index in [9.17, 15) is 0 Å². The van der Waals surface area contributed by atoms with Crippen LogP contribution in [-0.4, -0.2) is 0 Å². The minimum absolute atomic E-state index is 0.245. The summed E-state index contributed by atoms with van der Waals surface area (Å²) in [6, 6.07) is 34.8. The molecule has 4 aromatic rings. The van der Waals surface area contributed by atoms with Gasteiger partial charge in [-0.2, -0.15) is 0 Å². The third-order valence-electron chi connectivity index (χ3n) is 7.42. The highest BCUT2D eigenvalue weighted by Crippen LogP contribution is 2.46. The van der Waals surface area contributed by atoms with Crippen LogP contribution >= 0.6 is 0 Å². The standard InChI is InChI=1S/C20H24.C14H15N/c1-16-10-4-6-12-18(16)20(14-8-3-9-15-20)19-13-7-5-11-17(19)2;1-11-3-7-13(8-4-11)15-14-9-5-12(2)6-10-14/h4-7,10-13H,3,8-9,14-15H2,1-2H3;3-10,15H,1-2H3. The Morgan fingerprint density at radius 1 is 0.486 bits per heavy atom. The summed E-state index contributed by atoms with van der Waals surface area (Å²) < 4.78 is 0. The number of hydrogen-bond donors (Lipinski definition) is 1. The van der Waals surface area contributed by atoms with Crippen molar-refractivity contribution in [1.82, 2.24) is 0 Å². The second-order valence-corrected chi connectivity index (χ2v) is 10.1. The second-order valence-electron chi connectivity index (χ2n) is 10.1. The molecular formula is C34H39N. The lowest BCUT2D eigenvalue weighted by Crippen LogP contribution is -2.32. The molecule has 1 nitrogen and oxygen atoms in total. The van der Waals surface area contributed by atoms with Crippen LogP contribution in [0.2, 0.25) is 0 Å². The maximum absolute atomic E-state index is 3.36. The van der Waals surface area contributed by atoms with Gasteiger partial charge in [0.15, 0.2) is 0 Å². The monoisotopic (exact) mass is 461 g/mol. The molecule has 1 fully saturated rings. The van der Waals surface area contributed by atoms with Crippen LogP contribution in [-0.2, 0) is 5.41 Å². The van der Waals surface area contributed by atoms with Gasteiger partial charge in [0.2, 0.25) is 0 Å². The first-order valence-electron chi connectivity index (χ1n) is 13.0. The van der Waals surface area contributed by atoms with Crippen molar-refractivity contribution in [2.45, 2.75) is 65.2 Å². The fourth-order valence-corrected chi connectivity index (χ4v) is 5.50. The maximum atomic E-state index is 3.36. The molecule has 0 spiro atoms. The van der Waals surface area contributed by atoms with Crippen molar-refractivity contribution in [3.63, 3.8) is 0 Å². The van der Waals surface area contributed by atoms with Crippen LogP contribution < -0.4 is 5.32 Å². The zero-order chi connectivity index (χ0) is 24.7. The van der Waals surface area contributed by atoms with Crippen LogP contribution in [0.25, 0.3) is 0 Å². The van der Waals surface area contributed by atoms with E-state index in [-0.39, 0.29) is 5.41 Å². The molecule has 0 heterocycles. The molecule has 0 aromatic heterocycles. The van der Waals surface area contributed by atoms with Crippen molar-refractivity contribution in [2.75, 3.05) is 5.32 Å². The molecule has 4 aromatic carbocycles. The van der Waals surface area contributed by atoms with E-state index in [1.54, 1.807) is 11.1 Å². The lowest BCUT2D eigenvalue weighted by Gasteiger charge is -2.40. The van der Waals surface area contributed by atoms with Crippen molar-refractivity contribution in [2.24, 2.45) is 0 Å². The van der Waals surface area contributed by atoms with Crippen molar-refractivity contribution < 1.29 is 0 Å². The van der Waals surface area contributed by atoms with Gasteiger partial charge in [0, 0.05) is 16.8 Å². The zero-order valence-corrected chi connectivity index (χ0v) is 21.8. The van der Waals surface area contributed by atoms with E-state index in [2.05, 4.69) is 130 Å². The predicted molar refractivity (Wildman–Crippen MR) is 152 cm³/mol. The molecule has 0 unspecified atom stereocenters. The van der Waals surface area contributed by atoms with E-state index in [1.165, 1.54) is 54.4 Å². The summed E-state index contributed by atoms with van der Waals surface area (Å²) in [5.41, 5.74) is 11.1. The Morgan fingerprint density at radius 2 is 0.886 bits per heavy atom. The molecule has 0 bridgehead atoms. The largest absolute Gasteiger partial charge is 0.356 e. The summed E-state index contributed by atoms with van der Waals surface area (Å²) in [6.07, 6.45) is 6.68. The van der Waals surface area contributed by atoms with E-state index >= 15 is 0 Å². The van der Waals surface area contributed by atoms with Gasteiger partial charge >= 0.3 is 0 Å². The van der Waals surface area contributed by atoms with Gasteiger partial charge in [-0.25, -0.2) is 0 Å². The normalized spacial score (nSPS) is 14.5. The molecule has 0 atom stereocenters. The summed E-state index contributed by atoms with van der Waals surface area (Å²) in [7, 11) is 0. The summed E-state index contributed by atoms with van der Waals surface area (Å²) in [5.74, 6) is 0. The Kier molecular flexibility index (Phi) is 8.08. The van der Waals surface area contributed by atoms with Gasteiger partial charge in [0.05, 0.1) is 0 Å². The minimum atomic E-state index is 0.245. The first kappa shape index (κ1) is 24.8. The van der Waals surface area contributed by atoms with Crippen LogP contribution in [0.3, 0.4) is 0 Å². The van der Waals surface area contributed by atoms with Crippen molar-refractivity contribution in [3.05, 3.63) is 130 Å². The molecule has 180 valence electrons. The molecule has 0 aliphatic heterocycles. The molecule has 1 heteroatoms. The number of rotatable bonds is 4. The smallest absolute Gasteiger partial charge is 0.0384 e. The van der Waals surface area contributed by atoms with Gasteiger partial charge < -0.3 is 5.32 Å². The van der Waals surface area contributed by atoms with Gasteiger partial charge in [-0.1, -0.05) is 103 Å². The van der Waals surface area contributed by atoms with E-state index < -0.39 is 0 Å². The minimum Gasteiger partial charge on any atom is -0.356 e. The predicted octanol–water partition coefficient (Wildman–Crippen LogP) is 9.60. The summed E-state index contributed by atoms with van der Waals surface area (Å²) >= 11 is 0. The lowest BCUT2D eigenvalue weighted by atomic mass is 9.63. The lowest BCUT2D eigenvalue weighted by molar-refractivity contribution is 0.343. The molecule has 35 heavy (non-hydrogen) atoms. The third-order valence-corrected chi connectivity index (χ3v) is 7.42. The van der Waals surface area contributed by atoms with E-state index in [0.717, 1.165) is 11.4 Å². The molecule has 1 N–H and O–H groups in total. The molecule has 0 radical (unpaired) electrons. The van der Waals surface area contributed by atoms with Crippen LogP contribution in [0.1, 0.15) is 65.5 Å². The van der Waals surface area contributed by atoms with Gasteiger partial charge in [0.25, 0.3) is 0 Å². The average molecular weight is 462 g/mol.